The molecule has 0 atom stereocenters. The largest absolute Gasteiger partial charge is 0.124 e. The van der Waals surface area contributed by atoms with Gasteiger partial charge in [0.25, 0.3) is 0 Å². The molecule has 0 aliphatic rings. The average molecular weight is 66.1 g/mol. The average Bonchev–Trinajstić information content (AvgIpc) is 1.46. The molecule has 0 unspecified atom stereocenters. The van der Waals surface area contributed by atoms with E-state index in [1.165, 1.54) is 0 Å². The molecule has 0 aliphatic heterocycles. The lowest BCUT2D eigenvalue weighted by Crippen LogP contribution is -1.10. The molecule has 0 spiro atoms. The van der Waals surface area contributed by atoms with E-state index in [0.29, 0.717) is 0 Å². The maximum atomic E-state index is 4.60. The molecule has 0 heteroatoms. The zero-order chi connectivity index (χ0) is 4.71. The fraction of sp³-hybridized carbons (Fsp3) is 0.200. The van der Waals surface area contributed by atoms with Crippen molar-refractivity contribution >= 4 is 0 Å². The van der Waals surface area contributed by atoms with Crippen molar-refractivity contribution < 1.29 is 0 Å². The minimum absolute atomic E-state index is 1.65. The second-order valence-electron chi connectivity index (χ2n) is 0.289. The summed E-state index contributed by atoms with van der Waals surface area (Å²) in [5, 5.41) is 0. The summed E-state index contributed by atoms with van der Waals surface area (Å²) < 4.78 is 0. The van der Waals surface area contributed by atoms with E-state index in [4.69, 9.17) is 0 Å². The molecule has 0 aromatic heterocycles. The van der Waals surface area contributed by atoms with Gasteiger partial charge in [0.1, 0.15) is 0 Å². The molecule has 0 amide bonds. The van der Waals surface area contributed by atoms with Crippen LogP contribution in [0.15, 0.2) is 0 Å². The van der Waals surface area contributed by atoms with Gasteiger partial charge in [0.15, 0.2) is 0 Å². The third-order valence-corrected chi connectivity index (χ3v) is 0. The normalized spacial score (nSPS) is 2.00. The van der Waals surface area contributed by atoms with Crippen molar-refractivity contribution in [3.63, 3.8) is 0 Å². The maximum Gasteiger partial charge on any atom is -0.00297 e. The highest BCUT2D eigenvalue weighted by molar-refractivity contribution is 4.73. The van der Waals surface area contributed by atoms with E-state index >= 15 is 0 Å². The number of rotatable bonds is 0. The Balaban J connectivity index is 0. The summed E-state index contributed by atoms with van der Waals surface area (Å²) in [7, 11) is 0. The Morgan fingerprint density at radius 3 is 1.40 bits per heavy atom. The first-order chi connectivity index (χ1) is 2.41. The molecule has 0 rings (SSSR count). The van der Waals surface area contributed by atoms with Crippen molar-refractivity contribution in [3.8, 4) is 25.2 Å². The Labute approximate surface area is 33.2 Å². The van der Waals surface area contributed by atoms with Crippen LogP contribution in [0.5, 0.6) is 0 Å². The van der Waals surface area contributed by atoms with Crippen molar-refractivity contribution in [1.82, 2.24) is 0 Å². The summed E-state index contributed by atoms with van der Waals surface area (Å²) in [6.07, 6.45) is 12.6. The van der Waals surface area contributed by atoms with Gasteiger partial charge in [-0.1, -0.05) is 0 Å². The van der Waals surface area contributed by atoms with Gasteiger partial charge >= 0.3 is 0 Å². The second kappa shape index (κ2) is 974. The molecule has 5 heavy (non-hydrogen) atoms. The Morgan fingerprint density at radius 2 is 1.40 bits per heavy atom. The molecule has 0 saturated carbocycles. The Morgan fingerprint density at radius 1 is 1.40 bits per heavy atom. The summed E-state index contributed by atoms with van der Waals surface area (Å²) in [6.45, 7) is 1.65. The van der Waals surface area contributed by atoms with Gasteiger partial charge in [-0.2, -0.15) is 0 Å². The molecule has 0 aromatic rings. The fourth-order valence-electron chi connectivity index (χ4n) is 0. The lowest BCUT2D eigenvalue weighted by atomic mass is 10.9. The van der Waals surface area contributed by atoms with Crippen molar-refractivity contribution in [2.45, 2.75) is 6.92 Å². The molecule has 0 bridgehead atoms. The van der Waals surface area contributed by atoms with Crippen molar-refractivity contribution in [2.24, 2.45) is 0 Å². The first kappa shape index (κ1) is 8.92. The molecule has 26 valence electrons. The molecule has 0 aromatic carbocycles. The summed E-state index contributed by atoms with van der Waals surface area (Å²) >= 11 is 0. The number of hydrogen-bond donors (Lipinski definition) is 0. The topological polar surface area (TPSA) is 0 Å². The van der Waals surface area contributed by atoms with E-state index in [1.54, 1.807) is 6.92 Å². The van der Waals surface area contributed by atoms with E-state index in [0.717, 1.165) is 0 Å². The van der Waals surface area contributed by atoms with Crippen LogP contribution in [0, 0.1) is 25.2 Å². The summed E-state index contributed by atoms with van der Waals surface area (Å²) in [5.74, 6) is 2.25. The predicted octanol–water partition coefficient (Wildman–Crippen LogP) is 0.889. The van der Waals surface area contributed by atoms with Gasteiger partial charge in [-0.3, -0.25) is 0 Å². The van der Waals surface area contributed by atoms with Gasteiger partial charge in [-0.25, -0.2) is 0 Å². The number of hydrogen-bond acceptors (Lipinski definition) is 0. The molecule has 0 saturated heterocycles. The molecule has 0 N–H and O–H groups in total. The Kier molecular flexibility index (Phi) is 1740. The maximum absolute atomic E-state index is 4.60. The summed E-state index contributed by atoms with van der Waals surface area (Å²) in [4.78, 5) is 0. The predicted molar refractivity (Wildman–Crippen MR) is 24.4 cm³/mol. The van der Waals surface area contributed by atoms with E-state index in [9.17, 15) is 0 Å². The number of terminal acetylenes is 2. The van der Waals surface area contributed by atoms with Crippen LogP contribution in [-0.2, 0) is 0 Å². The quantitative estimate of drug-likeness (QED) is 0.368. The van der Waals surface area contributed by atoms with Gasteiger partial charge < -0.3 is 0 Å². The minimum atomic E-state index is 1.65. The monoisotopic (exact) mass is 66.0 g/mol. The molecule has 0 heterocycles. The van der Waals surface area contributed by atoms with Gasteiger partial charge in [0.2, 0.25) is 0 Å². The zero-order valence-corrected chi connectivity index (χ0v) is 3.23. The van der Waals surface area contributed by atoms with Gasteiger partial charge in [0.05, 0.1) is 0 Å². The summed E-state index contributed by atoms with van der Waals surface area (Å²) in [5.41, 5.74) is 0. The highest BCUT2D eigenvalue weighted by Gasteiger charge is 1.09. The molecular formula is C5H6. The Hall–Kier alpha value is -0.880. The SMILES string of the molecule is C#C.C#CC. The standard InChI is InChI=1S/C3H4.C2H2/c1-3-2;1-2/h1H,2H3;1-2H. The second-order valence-corrected chi connectivity index (χ2v) is 0.289. The van der Waals surface area contributed by atoms with E-state index in [-0.39, 0.29) is 0 Å². The smallest absolute Gasteiger partial charge is 0.00297 e. The molecule has 0 radical (unpaired) electrons. The lowest BCUT2D eigenvalue weighted by Gasteiger charge is -1.23. The lowest BCUT2D eigenvalue weighted by molar-refractivity contribution is 1.94. The van der Waals surface area contributed by atoms with Crippen molar-refractivity contribution in [2.75, 3.05) is 0 Å². The fourth-order valence-corrected chi connectivity index (χ4v) is 0. The van der Waals surface area contributed by atoms with Crippen LogP contribution in [0.3, 0.4) is 0 Å². The van der Waals surface area contributed by atoms with E-state index in [1.807, 2.05) is 0 Å². The molecule has 0 aliphatic carbocycles. The molecule has 0 nitrogen and oxygen atoms in total. The van der Waals surface area contributed by atoms with Crippen LogP contribution in [0.4, 0.5) is 0 Å². The van der Waals surface area contributed by atoms with Crippen LogP contribution in [-0.4, -0.2) is 0 Å². The van der Waals surface area contributed by atoms with Gasteiger partial charge in [-0.05, 0) is 6.92 Å². The van der Waals surface area contributed by atoms with Crippen LogP contribution in [0.2, 0.25) is 0 Å². The summed E-state index contributed by atoms with van der Waals surface area (Å²) in [6, 6.07) is 0. The molecule has 0 fully saturated rings. The van der Waals surface area contributed by atoms with Gasteiger partial charge in [-0.15, -0.1) is 25.2 Å². The van der Waals surface area contributed by atoms with Crippen LogP contribution < -0.4 is 0 Å². The zero-order valence-electron chi connectivity index (χ0n) is 3.23. The highest BCUT2D eigenvalue weighted by atomic mass is 13.2. The first-order valence-electron chi connectivity index (χ1n) is 1.12. The third kappa shape index (κ3) is 5.05. The molecular weight excluding hydrogens is 60.1 g/mol. The van der Waals surface area contributed by atoms with Crippen molar-refractivity contribution in [1.29, 1.82) is 0 Å². The Bertz CT molecular complexity index is 42.8. The van der Waals surface area contributed by atoms with Crippen LogP contribution >= 0.6 is 0 Å². The van der Waals surface area contributed by atoms with Crippen LogP contribution in [0.25, 0.3) is 0 Å². The van der Waals surface area contributed by atoms with Crippen LogP contribution in [0.1, 0.15) is 6.92 Å². The van der Waals surface area contributed by atoms with E-state index < -0.39 is 0 Å². The van der Waals surface area contributed by atoms with E-state index in [2.05, 4.69) is 25.2 Å². The minimum Gasteiger partial charge on any atom is -0.124 e. The highest BCUT2D eigenvalue weighted by Crippen LogP contribution is 1.21. The van der Waals surface area contributed by atoms with Crippen molar-refractivity contribution in [3.05, 3.63) is 0 Å². The first-order valence-corrected chi connectivity index (χ1v) is 1.12. The van der Waals surface area contributed by atoms with Gasteiger partial charge in [0, 0.05) is 0 Å². The third-order valence-electron chi connectivity index (χ3n) is 0.